The van der Waals surface area contributed by atoms with Crippen molar-refractivity contribution < 1.29 is 14.3 Å². The third kappa shape index (κ3) is 2.54. The van der Waals surface area contributed by atoms with Crippen molar-refractivity contribution in [2.24, 2.45) is 4.99 Å². The summed E-state index contributed by atoms with van der Waals surface area (Å²) in [5.41, 5.74) is 1.41. The molecule has 0 bridgehead atoms. The van der Waals surface area contributed by atoms with E-state index in [1.165, 1.54) is 0 Å². The van der Waals surface area contributed by atoms with Gasteiger partial charge >= 0.3 is 0 Å². The first-order valence-corrected chi connectivity index (χ1v) is 7.42. The van der Waals surface area contributed by atoms with Crippen LogP contribution in [0, 0.1) is 0 Å². The zero-order chi connectivity index (χ0) is 15.6. The molecule has 2 rings (SSSR count). The van der Waals surface area contributed by atoms with Crippen LogP contribution in [0.5, 0.6) is 11.5 Å². The predicted octanol–water partition coefficient (Wildman–Crippen LogP) is 4.20. The highest BCUT2D eigenvalue weighted by atomic mass is 35.5. The molecule has 0 aromatic heterocycles. The highest BCUT2D eigenvalue weighted by Gasteiger charge is 2.42. The Hall–Kier alpha value is -1.51. The first kappa shape index (κ1) is 15.9. The second kappa shape index (κ2) is 6.08. The number of hydrogen-bond acceptors (Lipinski definition) is 4. The summed E-state index contributed by atoms with van der Waals surface area (Å²) in [5, 5.41) is 0.536. The summed E-state index contributed by atoms with van der Waals surface area (Å²) in [7, 11) is 3.14. The van der Waals surface area contributed by atoms with E-state index in [0.29, 0.717) is 16.5 Å². The Bertz CT molecular complexity index is 588. The molecule has 0 atom stereocenters. The van der Waals surface area contributed by atoms with Gasteiger partial charge in [0.15, 0.2) is 11.5 Å². The monoisotopic (exact) mass is 309 g/mol. The summed E-state index contributed by atoms with van der Waals surface area (Å²) in [6, 6.07) is 1.90. The number of aliphatic imine (C=N–C) groups is 1. The molecule has 21 heavy (non-hydrogen) atoms. The van der Waals surface area contributed by atoms with Gasteiger partial charge in [0.25, 0.3) is 0 Å². The smallest absolute Gasteiger partial charge is 0.235 e. The Morgan fingerprint density at radius 1 is 1.33 bits per heavy atom. The quantitative estimate of drug-likeness (QED) is 0.605. The molecular weight excluding hydrogens is 290 g/mol. The fraction of sp³-hybridized carbons (Fsp3) is 0.562. The Labute approximate surface area is 130 Å². The fourth-order valence-corrected chi connectivity index (χ4v) is 3.45. The molecule has 1 saturated carbocycles. The molecule has 1 aromatic carbocycles. The van der Waals surface area contributed by atoms with Crippen LogP contribution in [0.1, 0.15) is 50.2 Å². The summed E-state index contributed by atoms with van der Waals surface area (Å²) < 4.78 is 10.8. The van der Waals surface area contributed by atoms with Crippen LogP contribution in [-0.2, 0) is 10.3 Å². The van der Waals surface area contributed by atoms with E-state index in [2.05, 4.69) is 18.8 Å². The molecule has 0 spiro atoms. The Morgan fingerprint density at radius 3 is 2.38 bits per heavy atom. The molecular formula is C16H20ClNO3. The minimum Gasteiger partial charge on any atom is -0.493 e. The molecule has 0 saturated heterocycles. The highest BCUT2D eigenvalue weighted by Crippen LogP contribution is 2.52. The van der Waals surface area contributed by atoms with Gasteiger partial charge in [-0.1, -0.05) is 25.4 Å². The number of benzene rings is 1. The maximum atomic E-state index is 10.8. The van der Waals surface area contributed by atoms with Gasteiger partial charge in [-0.3, -0.25) is 0 Å². The summed E-state index contributed by atoms with van der Waals surface area (Å²) in [6.45, 7) is 4.13. The summed E-state index contributed by atoms with van der Waals surface area (Å²) in [6.07, 6.45) is 4.41. The van der Waals surface area contributed by atoms with E-state index in [-0.39, 0.29) is 5.92 Å². The van der Waals surface area contributed by atoms with E-state index in [9.17, 15) is 4.79 Å². The largest absolute Gasteiger partial charge is 0.493 e. The lowest BCUT2D eigenvalue weighted by molar-refractivity contribution is 0.251. The first-order valence-electron chi connectivity index (χ1n) is 7.04. The van der Waals surface area contributed by atoms with Gasteiger partial charge in [-0.05, 0) is 42.4 Å². The molecule has 0 unspecified atom stereocenters. The highest BCUT2D eigenvalue weighted by molar-refractivity contribution is 6.33. The minimum absolute atomic E-state index is 0.187. The molecule has 1 aliphatic carbocycles. The normalized spacial score (nSPS) is 16.1. The van der Waals surface area contributed by atoms with Crippen molar-refractivity contribution in [2.45, 2.75) is 44.6 Å². The molecule has 0 amide bonds. The maximum Gasteiger partial charge on any atom is 0.235 e. The number of rotatable bonds is 5. The molecule has 4 nitrogen and oxygen atoms in total. The molecule has 114 valence electrons. The van der Waals surface area contributed by atoms with Crippen molar-refractivity contribution in [1.29, 1.82) is 0 Å². The van der Waals surface area contributed by atoms with Gasteiger partial charge in [0, 0.05) is 0 Å². The van der Waals surface area contributed by atoms with Crippen LogP contribution in [0.25, 0.3) is 0 Å². The molecule has 0 heterocycles. The van der Waals surface area contributed by atoms with Crippen LogP contribution < -0.4 is 9.47 Å². The Kier molecular flexibility index (Phi) is 4.60. The third-order valence-corrected chi connectivity index (χ3v) is 4.54. The summed E-state index contributed by atoms with van der Waals surface area (Å²) in [4.78, 5) is 14.9. The topological polar surface area (TPSA) is 47.9 Å². The Morgan fingerprint density at radius 2 is 2.00 bits per heavy atom. The van der Waals surface area contributed by atoms with E-state index < -0.39 is 5.54 Å². The van der Waals surface area contributed by atoms with Crippen LogP contribution in [0.3, 0.4) is 0 Å². The number of hydrogen-bond donors (Lipinski definition) is 0. The predicted molar refractivity (Wildman–Crippen MR) is 82.3 cm³/mol. The third-order valence-electron chi connectivity index (χ3n) is 4.17. The first-order chi connectivity index (χ1) is 10.0. The van der Waals surface area contributed by atoms with Crippen LogP contribution in [0.15, 0.2) is 11.1 Å². The van der Waals surface area contributed by atoms with Crippen LogP contribution >= 0.6 is 11.6 Å². The average Bonchev–Trinajstić information content (AvgIpc) is 2.41. The average molecular weight is 310 g/mol. The summed E-state index contributed by atoms with van der Waals surface area (Å²) in [5.74, 6) is 1.28. The number of carbonyl (C=O) groups excluding carboxylic acids is 1. The van der Waals surface area contributed by atoms with Crippen molar-refractivity contribution in [3.8, 4) is 11.5 Å². The number of methoxy groups -OCH3 is 2. The molecule has 1 fully saturated rings. The standard InChI is InChI=1S/C16H20ClNO3/c1-10(2)13-11(16(18-9-19)6-5-7-16)8-12(20-3)15(21-4)14(13)17/h8,10H,5-7H2,1-4H3. The van der Waals surface area contributed by atoms with Crippen LogP contribution in [-0.4, -0.2) is 20.3 Å². The van der Waals surface area contributed by atoms with Gasteiger partial charge in [-0.25, -0.2) is 4.79 Å². The molecule has 0 radical (unpaired) electrons. The van der Waals surface area contributed by atoms with Gasteiger partial charge in [-0.2, -0.15) is 4.99 Å². The van der Waals surface area contributed by atoms with Crippen molar-refractivity contribution >= 4 is 17.7 Å². The van der Waals surface area contributed by atoms with E-state index in [1.807, 2.05) is 6.07 Å². The molecule has 1 aromatic rings. The fourth-order valence-electron chi connectivity index (χ4n) is 2.95. The van der Waals surface area contributed by atoms with Crippen molar-refractivity contribution in [1.82, 2.24) is 0 Å². The molecule has 1 aliphatic rings. The zero-order valence-electron chi connectivity index (χ0n) is 12.8. The van der Waals surface area contributed by atoms with Crippen molar-refractivity contribution in [3.05, 3.63) is 22.2 Å². The van der Waals surface area contributed by atoms with Crippen LogP contribution in [0.4, 0.5) is 0 Å². The maximum absolute atomic E-state index is 10.8. The lowest BCUT2D eigenvalue weighted by Crippen LogP contribution is -2.33. The van der Waals surface area contributed by atoms with E-state index in [1.54, 1.807) is 20.3 Å². The van der Waals surface area contributed by atoms with E-state index in [0.717, 1.165) is 30.4 Å². The van der Waals surface area contributed by atoms with Gasteiger partial charge < -0.3 is 9.47 Å². The van der Waals surface area contributed by atoms with Gasteiger partial charge in [0.05, 0.1) is 24.8 Å². The molecule has 0 N–H and O–H groups in total. The number of nitrogens with zero attached hydrogens (tertiary/aromatic N) is 1. The Balaban J connectivity index is 2.75. The lowest BCUT2D eigenvalue weighted by atomic mass is 9.69. The lowest BCUT2D eigenvalue weighted by Gasteiger charge is -2.39. The molecule has 0 aliphatic heterocycles. The summed E-state index contributed by atoms with van der Waals surface area (Å²) >= 11 is 6.54. The zero-order valence-corrected chi connectivity index (χ0v) is 13.6. The van der Waals surface area contributed by atoms with Gasteiger partial charge in [0.1, 0.15) is 0 Å². The van der Waals surface area contributed by atoms with Gasteiger partial charge in [0.2, 0.25) is 6.08 Å². The minimum atomic E-state index is -0.509. The van der Waals surface area contributed by atoms with Crippen LogP contribution in [0.2, 0.25) is 5.02 Å². The SMILES string of the molecule is COc1cc(C2(N=C=O)CCC2)c(C(C)C)c(Cl)c1OC. The van der Waals surface area contributed by atoms with Gasteiger partial charge in [-0.15, -0.1) is 0 Å². The number of ether oxygens (including phenoxy) is 2. The van der Waals surface area contributed by atoms with E-state index >= 15 is 0 Å². The van der Waals surface area contributed by atoms with Crippen molar-refractivity contribution in [3.63, 3.8) is 0 Å². The number of isocyanates is 1. The number of halogens is 1. The molecule has 5 heteroatoms. The second-order valence-electron chi connectivity index (χ2n) is 5.63. The van der Waals surface area contributed by atoms with E-state index in [4.69, 9.17) is 21.1 Å². The second-order valence-corrected chi connectivity index (χ2v) is 6.01. The van der Waals surface area contributed by atoms with Crippen molar-refractivity contribution in [2.75, 3.05) is 14.2 Å².